The molecule has 7 heteroatoms. The lowest BCUT2D eigenvalue weighted by Gasteiger charge is -2.06. The third-order valence-corrected chi connectivity index (χ3v) is 3.55. The summed E-state index contributed by atoms with van der Waals surface area (Å²) in [6.07, 6.45) is 11.6. The van der Waals surface area contributed by atoms with Crippen molar-refractivity contribution < 1.29 is 4.79 Å². The Bertz CT molecular complexity index is 959. The summed E-state index contributed by atoms with van der Waals surface area (Å²) < 4.78 is 1.57. The van der Waals surface area contributed by atoms with Gasteiger partial charge in [0.25, 0.3) is 5.91 Å². The molecule has 3 rings (SSSR count). The minimum Gasteiger partial charge on any atom is -0.319 e. The fourth-order valence-corrected chi connectivity index (χ4v) is 2.54. The molecule has 25 heavy (non-hydrogen) atoms. The van der Waals surface area contributed by atoms with Crippen molar-refractivity contribution in [2.75, 3.05) is 5.32 Å². The Hall–Kier alpha value is -3.22. The van der Waals surface area contributed by atoms with Gasteiger partial charge in [-0.05, 0) is 26.3 Å². The smallest absolute Gasteiger partial charge is 0.261 e. The molecule has 1 amide bonds. The van der Waals surface area contributed by atoms with Crippen molar-refractivity contribution in [3.63, 3.8) is 0 Å². The molecular weight excluding hydrogens is 316 g/mol. The number of aromatic amines is 1. The molecule has 0 aliphatic carbocycles. The first kappa shape index (κ1) is 16.6. The van der Waals surface area contributed by atoms with E-state index in [1.807, 2.05) is 19.9 Å². The predicted molar refractivity (Wildman–Crippen MR) is 97.2 cm³/mol. The maximum atomic E-state index is 12.7. The van der Waals surface area contributed by atoms with Crippen molar-refractivity contribution in [2.24, 2.45) is 0 Å². The maximum Gasteiger partial charge on any atom is 0.261 e. The SMILES string of the molecule is CC/C=C(\C=C(C)C)c1n[nH]cc1NC(=O)c1cnn2cccnc12. The van der Waals surface area contributed by atoms with E-state index in [0.29, 0.717) is 22.6 Å². The normalized spacial score (nSPS) is 11.6. The first-order valence-corrected chi connectivity index (χ1v) is 8.09. The fourth-order valence-electron chi connectivity index (χ4n) is 2.54. The van der Waals surface area contributed by atoms with Gasteiger partial charge in [-0.25, -0.2) is 9.50 Å². The van der Waals surface area contributed by atoms with Gasteiger partial charge in [0, 0.05) is 24.2 Å². The van der Waals surface area contributed by atoms with Gasteiger partial charge in [0.15, 0.2) is 5.65 Å². The molecule has 0 saturated heterocycles. The average molecular weight is 336 g/mol. The van der Waals surface area contributed by atoms with Crippen LogP contribution < -0.4 is 5.32 Å². The van der Waals surface area contributed by atoms with Crippen LogP contribution in [0.15, 0.2) is 48.6 Å². The number of fused-ring (bicyclic) bond motifs is 1. The lowest BCUT2D eigenvalue weighted by atomic mass is 10.1. The Morgan fingerprint density at radius 2 is 2.24 bits per heavy atom. The molecule has 0 saturated carbocycles. The van der Waals surface area contributed by atoms with Crippen LogP contribution in [0.5, 0.6) is 0 Å². The van der Waals surface area contributed by atoms with E-state index in [0.717, 1.165) is 17.6 Å². The number of nitrogens with zero attached hydrogens (tertiary/aromatic N) is 4. The van der Waals surface area contributed by atoms with Crippen molar-refractivity contribution in [1.82, 2.24) is 24.8 Å². The molecule has 0 radical (unpaired) electrons. The number of nitrogens with one attached hydrogen (secondary N) is 2. The van der Waals surface area contributed by atoms with E-state index in [1.165, 1.54) is 6.20 Å². The Kier molecular flexibility index (Phi) is 4.74. The molecule has 3 aromatic heterocycles. The number of aromatic nitrogens is 5. The second-order valence-corrected chi connectivity index (χ2v) is 5.84. The lowest BCUT2D eigenvalue weighted by Crippen LogP contribution is -2.12. The molecule has 2 N–H and O–H groups in total. The first-order valence-electron chi connectivity index (χ1n) is 8.09. The molecule has 128 valence electrons. The predicted octanol–water partition coefficient (Wildman–Crippen LogP) is 3.46. The van der Waals surface area contributed by atoms with Gasteiger partial charge in [0.05, 0.1) is 11.9 Å². The molecule has 0 unspecified atom stereocenters. The summed E-state index contributed by atoms with van der Waals surface area (Å²) in [6.45, 7) is 6.12. The summed E-state index contributed by atoms with van der Waals surface area (Å²) in [5, 5.41) is 14.2. The van der Waals surface area contributed by atoms with Crippen LogP contribution in [0.4, 0.5) is 5.69 Å². The van der Waals surface area contributed by atoms with Crippen LogP contribution in [0.3, 0.4) is 0 Å². The topological polar surface area (TPSA) is 88.0 Å². The van der Waals surface area contributed by atoms with Crippen LogP contribution in [0.2, 0.25) is 0 Å². The standard InChI is InChI=1S/C18H20N6O/c1-4-6-13(9-12(2)3)16-15(11-20-23-16)22-18(25)14-10-21-24-8-5-7-19-17(14)24/h5-11H,4H2,1-3H3,(H,20,23)(H,22,25)/b13-6+. The van der Waals surface area contributed by atoms with Crippen LogP contribution in [0.1, 0.15) is 43.2 Å². The van der Waals surface area contributed by atoms with E-state index in [-0.39, 0.29) is 5.91 Å². The van der Waals surface area contributed by atoms with Crippen molar-refractivity contribution >= 4 is 22.8 Å². The van der Waals surface area contributed by atoms with Gasteiger partial charge in [-0.1, -0.05) is 24.6 Å². The number of H-pyrrole nitrogens is 1. The second-order valence-electron chi connectivity index (χ2n) is 5.84. The molecule has 0 bridgehead atoms. The molecule has 0 atom stereocenters. The van der Waals surface area contributed by atoms with Crippen molar-refractivity contribution in [1.29, 1.82) is 0 Å². The zero-order chi connectivity index (χ0) is 17.8. The monoisotopic (exact) mass is 336 g/mol. The number of rotatable bonds is 5. The number of amides is 1. The van der Waals surface area contributed by atoms with Gasteiger partial charge in [-0.3, -0.25) is 9.89 Å². The van der Waals surface area contributed by atoms with Crippen LogP contribution >= 0.6 is 0 Å². The number of allylic oxidation sites excluding steroid dienone is 4. The third-order valence-electron chi connectivity index (χ3n) is 3.55. The second kappa shape index (κ2) is 7.12. The van der Waals surface area contributed by atoms with E-state index < -0.39 is 0 Å². The van der Waals surface area contributed by atoms with Crippen LogP contribution in [0.25, 0.3) is 11.2 Å². The minimum atomic E-state index is -0.274. The van der Waals surface area contributed by atoms with Gasteiger partial charge < -0.3 is 5.32 Å². The van der Waals surface area contributed by atoms with Gasteiger partial charge >= 0.3 is 0 Å². The number of anilines is 1. The molecule has 0 spiro atoms. The van der Waals surface area contributed by atoms with E-state index in [2.05, 4.69) is 38.6 Å². The average Bonchev–Trinajstić information content (AvgIpc) is 3.20. The van der Waals surface area contributed by atoms with E-state index in [1.54, 1.807) is 29.2 Å². The van der Waals surface area contributed by atoms with Gasteiger partial charge in [0.1, 0.15) is 11.3 Å². The van der Waals surface area contributed by atoms with Gasteiger partial charge in [-0.15, -0.1) is 0 Å². The molecule has 0 aromatic carbocycles. The number of hydrogen-bond acceptors (Lipinski definition) is 4. The Morgan fingerprint density at radius 3 is 3.00 bits per heavy atom. The highest BCUT2D eigenvalue weighted by Crippen LogP contribution is 2.25. The number of carbonyl (C=O) groups is 1. The summed E-state index contributed by atoms with van der Waals surface area (Å²) in [4.78, 5) is 16.9. The highest BCUT2D eigenvalue weighted by atomic mass is 16.1. The Morgan fingerprint density at radius 1 is 1.40 bits per heavy atom. The molecule has 3 heterocycles. The summed E-state index contributed by atoms with van der Waals surface area (Å²) in [7, 11) is 0. The third kappa shape index (κ3) is 3.50. The van der Waals surface area contributed by atoms with E-state index in [4.69, 9.17) is 0 Å². The number of carbonyl (C=O) groups excluding carboxylic acids is 1. The van der Waals surface area contributed by atoms with Crippen LogP contribution in [0, 0.1) is 0 Å². The minimum absolute atomic E-state index is 0.274. The Balaban J connectivity index is 1.92. The van der Waals surface area contributed by atoms with Crippen LogP contribution in [-0.4, -0.2) is 30.7 Å². The lowest BCUT2D eigenvalue weighted by molar-refractivity contribution is 0.102. The summed E-state index contributed by atoms with van der Waals surface area (Å²) in [6, 6.07) is 1.76. The van der Waals surface area contributed by atoms with Crippen molar-refractivity contribution in [3.05, 3.63) is 59.8 Å². The number of hydrogen-bond donors (Lipinski definition) is 2. The highest BCUT2D eigenvalue weighted by Gasteiger charge is 2.17. The molecule has 0 aliphatic heterocycles. The van der Waals surface area contributed by atoms with Crippen molar-refractivity contribution in [3.8, 4) is 0 Å². The summed E-state index contributed by atoms with van der Waals surface area (Å²) >= 11 is 0. The zero-order valence-corrected chi connectivity index (χ0v) is 14.4. The quantitative estimate of drug-likeness (QED) is 0.698. The first-order chi connectivity index (χ1) is 12.1. The largest absolute Gasteiger partial charge is 0.319 e. The highest BCUT2D eigenvalue weighted by molar-refractivity contribution is 6.09. The molecule has 7 nitrogen and oxygen atoms in total. The summed E-state index contributed by atoms with van der Waals surface area (Å²) in [5.74, 6) is -0.274. The summed E-state index contributed by atoms with van der Waals surface area (Å²) in [5.41, 5.74) is 4.39. The molecule has 0 fully saturated rings. The van der Waals surface area contributed by atoms with Crippen LogP contribution in [-0.2, 0) is 0 Å². The fraction of sp³-hybridized carbons (Fsp3) is 0.222. The molecule has 0 aliphatic rings. The van der Waals surface area contributed by atoms with E-state index >= 15 is 0 Å². The Labute approximate surface area is 145 Å². The van der Waals surface area contributed by atoms with E-state index in [9.17, 15) is 4.79 Å². The van der Waals surface area contributed by atoms with Gasteiger partial charge in [0.2, 0.25) is 0 Å². The zero-order valence-electron chi connectivity index (χ0n) is 14.4. The molecular formula is C18H20N6O. The molecule has 3 aromatic rings. The van der Waals surface area contributed by atoms with Gasteiger partial charge in [-0.2, -0.15) is 10.2 Å². The van der Waals surface area contributed by atoms with Crippen molar-refractivity contribution in [2.45, 2.75) is 27.2 Å². The maximum absolute atomic E-state index is 12.7.